The molecule has 0 amide bonds. The molecular formula is C58H37N3O2. The second-order valence-electron chi connectivity index (χ2n) is 16.1. The van der Waals surface area contributed by atoms with Crippen LogP contribution in [-0.2, 0) is 0 Å². The maximum atomic E-state index is 6.72. The number of nitrogens with one attached hydrogen (secondary N) is 1. The van der Waals surface area contributed by atoms with Crippen LogP contribution in [0, 0.1) is 0 Å². The molecule has 3 heterocycles. The molecule has 1 aromatic heterocycles. The molecule has 2 aliphatic rings. The number of benzene rings is 11. The Morgan fingerprint density at radius 1 is 0.349 bits per heavy atom. The molecule has 12 aromatic rings. The Balaban J connectivity index is 0.000000153. The maximum absolute atomic E-state index is 6.72. The van der Waals surface area contributed by atoms with Crippen LogP contribution in [0.15, 0.2) is 218 Å². The minimum atomic E-state index is 0.861. The van der Waals surface area contributed by atoms with Crippen molar-refractivity contribution in [2.24, 2.45) is 0 Å². The van der Waals surface area contributed by atoms with Gasteiger partial charge in [-0.3, -0.25) is 0 Å². The van der Waals surface area contributed by atoms with Crippen molar-refractivity contribution in [1.82, 2.24) is 4.57 Å². The highest BCUT2D eigenvalue weighted by molar-refractivity contribution is 6.13. The molecule has 5 heteroatoms. The number of hydrogen-bond acceptors (Lipinski definition) is 4. The quantitative estimate of drug-likeness (QED) is 0.189. The number of nitrogens with zero attached hydrogens (tertiary/aromatic N) is 2. The first kappa shape index (κ1) is 35.2. The van der Waals surface area contributed by atoms with E-state index in [9.17, 15) is 0 Å². The van der Waals surface area contributed by atoms with Crippen LogP contribution in [0.2, 0.25) is 0 Å². The van der Waals surface area contributed by atoms with E-state index in [1.807, 2.05) is 18.2 Å². The third kappa shape index (κ3) is 5.57. The van der Waals surface area contributed by atoms with Gasteiger partial charge in [-0.05, 0) is 82.2 Å². The molecular weight excluding hydrogens is 771 g/mol. The molecule has 0 radical (unpaired) electrons. The number of rotatable bonds is 2. The summed E-state index contributed by atoms with van der Waals surface area (Å²) in [4.78, 5) is 2.39. The Hall–Kier alpha value is -8.54. The number of hydrogen-bond donors (Lipinski definition) is 1. The molecule has 0 fully saturated rings. The van der Waals surface area contributed by atoms with Crippen molar-refractivity contribution in [3.8, 4) is 28.7 Å². The Kier molecular flexibility index (Phi) is 7.84. The van der Waals surface area contributed by atoms with Crippen molar-refractivity contribution >= 4 is 93.3 Å². The molecule has 2 aliphatic heterocycles. The lowest BCUT2D eigenvalue weighted by Crippen LogP contribution is -2.16. The van der Waals surface area contributed by atoms with Gasteiger partial charge in [0.05, 0.1) is 33.8 Å². The third-order valence-corrected chi connectivity index (χ3v) is 12.6. The van der Waals surface area contributed by atoms with Crippen molar-refractivity contribution in [3.05, 3.63) is 218 Å². The van der Waals surface area contributed by atoms with E-state index in [0.717, 1.165) is 78.7 Å². The maximum Gasteiger partial charge on any atom is 0.159 e. The lowest BCUT2D eigenvalue weighted by atomic mass is 10.0. The molecule has 0 saturated heterocycles. The van der Waals surface area contributed by atoms with Crippen LogP contribution in [0.3, 0.4) is 0 Å². The van der Waals surface area contributed by atoms with Crippen LogP contribution < -0.4 is 19.7 Å². The van der Waals surface area contributed by atoms with E-state index in [0.29, 0.717) is 0 Å². The lowest BCUT2D eigenvalue weighted by molar-refractivity contribution is 0.483. The van der Waals surface area contributed by atoms with Crippen LogP contribution >= 0.6 is 0 Å². The monoisotopic (exact) mass is 807 g/mol. The number of fused-ring (bicyclic) bond motifs is 15. The second-order valence-corrected chi connectivity index (χ2v) is 16.1. The van der Waals surface area contributed by atoms with Crippen molar-refractivity contribution in [3.63, 3.8) is 0 Å². The molecule has 0 spiro atoms. The summed E-state index contributed by atoms with van der Waals surface area (Å²) in [5.41, 5.74) is 8.81. The second kappa shape index (κ2) is 14.0. The van der Waals surface area contributed by atoms with E-state index < -0.39 is 0 Å². The summed E-state index contributed by atoms with van der Waals surface area (Å²) in [7, 11) is 0. The average molecular weight is 808 g/mol. The fourth-order valence-corrected chi connectivity index (χ4v) is 9.68. The zero-order valence-corrected chi connectivity index (χ0v) is 34.0. The fraction of sp³-hybridized carbons (Fsp3) is 0. The van der Waals surface area contributed by atoms with Gasteiger partial charge < -0.3 is 24.3 Å². The summed E-state index contributed by atoms with van der Waals surface area (Å²) in [5, 5.41) is 15.3. The normalized spacial score (nSPS) is 12.5. The topological polar surface area (TPSA) is 38.7 Å². The average Bonchev–Trinajstić information content (AvgIpc) is 3.69. The Bertz CT molecular complexity index is 3710. The molecule has 1 N–H and O–H groups in total. The van der Waals surface area contributed by atoms with Gasteiger partial charge in [-0.2, -0.15) is 0 Å². The minimum absolute atomic E-state index is 0.861. The van der Waals surface area contributed by atoms with Crippen LogP contribution in [0.4, 0.5) is 28.4 Å². The zero-order chi connectivity index (χ0) is 41.4. The summed E-state index contributed by atoms with van der Waals surface area (Å²) < 4.78 is 15.3. The zero-order valence-electron chi connectivity index (χ0n) is 34.0. The Labute approximate surface area is 363 Å². The third-order valence-electron chi connectivity index (χ3n) is 12.6. The van der Waals surface area contributed by atoms with Gasteiger partial charge in [0.15, 0.2) is 23.0 Å². The van der Waals surface area contributed by atoms with E-state index in [1.165, 1.54) is 43.4 Å². The smallest absolute Gasteiger partial charge is 0.159 e. The summed E-state index contributed by atoms with van der Waals surface area (Å²) in [5.74, 6) is 3.53. The largest absolute Gasteiger partial charge is 0.452 e. The first-order valence-electron chi connectivity index (χ1n) is 21.3. The van der Waals surface area contributed by atoms with Gasteiger partial charge in [0, 0.05) is 43.7 Å². The van der Waals surface area contributed by atoms with Gasteiger partial charge in [0.2, 0.25) is 0 Å². The molecule has 0 saturated carbocycles. The lowest BCUT2D eigenvalue weighted by Gasteiger charge is -2.34. The molecule has 5 nitrogen and oxygen atoms in total. The summed E-state index contributed by atoms with van der Waals surface area (Å²) in [6, 6.07) is 76.8. The van der Waals surface area contributed by atoms with Gasteiger partial charge >= 0.3 is 0 Å². The summed E-state index contributed by atoms with van der Waals surface area (Å²) in [6.07, 6.45) is 0. The molecule has 63 heavy (non-hydrogen) atoms. The van der Waals surface area contributed by atoms with Crippen molar-refractivity contribution in [2.45, 2.75) is 0 Å². The molecule has 0 aliphatic carbocycles. The van der Waals surface area contributed by atoms with Gasteiger partial charge in [-0.15, -0.1) is 0 Å². The van der Waals surface area contributed by atoms with E-state index in [4.69, 9.17) is 9.47 Å². The highest BCUT2D eigenvalue weighted by atomic mass is 16.5. The minimum Gasteiger partial charge on any atom is -0.452 e. The number of aromatic nitrogens is 1. The van der Waals surface area contributed by atoms with Gasteiger partial charge in [0.1, 0.15) is 0 Å². The van der Waals surface area contributed by atoms with E-state index in [1.54, 1.807) is 0 Å². The number of anilines is 5. The van der Waals surface area contributed by atoms with Crippen LogP contribution in [0.5, 0.6) is 23.0 Å². The predicted octanol–water partition coefficient (Wildman–Crippen LogP) is 16.5. The standard InChI is InChI=1S/C38H24N2O.C20H13NO/c1-2-12-27(13-3-1)39-33-17-9-8-16-31(33)32-24-28(20-22-34(32)39)40-35-21-18-26-11-5-7-15-30(26)38(35)41-36-23-19-25-10-4-6-14-29(25)37(36)40;1-3-7-15-13(5-1)10-12-18-19(15)21-17-11-9-14-6-2-4-8-16(14)20(17)22-18/h1-24H;1-12,21H. The van der Waals surface area contributed by atoms with Crippen LogP contribution in [0.25, 0.3) is 70.6 Å². The number of para-hydroxylation sites is 2. The molecule has 0 bridgehead atoms. The first-order valence-corrected chi connectivity index (χ1v) is 21.3. The molecule has 0 atom stereocenters. The highest BCUT2D eigenvalue weighted by Crippen LogP contribution is 2.56. The SMILES string of the molecule is c1ccc(-n2c3ccccc3c3cc(N4c5ccc6ccccc6c5Oc5ccc6ccccc6c54)ccc32)cc1.c1ccc2c3c(ccc2c1)Oc1c(ccc2ccccc12)N3. The Morgan fingerprint density at radius 3 is 1.65 bits per heavy atom. The van der Waals surface area contributed by atoms with Crippen LogP contribution in [-0.4, -0.2) is 4.57 Å². The highest BCUT2D eigenvalue weighted by Gasteiger charge is 2.30. The van der Waals surface area contributed by atoms with Crippen molar-refractivity contribution in [2.75, 3.05) is 10.2 Å². The number of ether oxygens (including phenoxy) is 2. The fourth-order valence-electron chi connectivity index (χ4n) is 9.68. The van der Waals surface area contributed by atoms with Gasteiger partial charge in [-0.25, -0.2) is 0 Å². The molecule has 0 unspecified atom stereocenters. The first-order chi connectivity index (χ1) is 31.2. The van der Waals surface area contributed by atoms with E-state index >= 15 is 0 Å². The van der Waals surface area contributed by atoms with Crippen molar-refractivity contribution < 1.29 is 9.47 Å². The van der Waals surface area contributed by atoms with Gasteiger partial charge in [-0.1, -0.05) is 158 Å². The van der Waals surface area contributed by atoms with E-state index in [2.05, 4.69) is 215 Å². The van der Waals surface area contributed by atoms with E-state index in [-0.39, 0.29) is 0 Å². The summed E-state index contributed by atoms with van der Waals surface area (Å²) in [6.45, 7) is 0. The van der Waals surface area contributed by atoms with Crippen LogP contribution in [0.1, 0.15) is 0 Å². The summed E-state index contributed by atoms with van der Waals surface area (Å²) >= 11 is 0. The molecule has 296 valence electrons. The molecule has 11 aromatic carbocycles. The van der Waals surface area contributed by atoms with Gasteiger partial charge in [0.25, 0.3) is 0 Å². The predicted molar refractivity (Wildman–Crippen MR) is 262 cm³/mol. The molecule has 14 rings (SSSR count). The van der Waals surface area contributed by atoms with Crippen molar-refractivity contribution in [1.29, 1.82) is 0 Å². The Morgan fingerprint density at radius 2 is 0.889 bits per heavy atom.